The van der Waals surface area contributed by atoms with Crippen molar-refractivity contribution in [3.8, 4) is 0 Å². The van der Waals surface area contributed by atoms with Gasteiger partial charge in [-0.05, 0) is 67.4 Å². The fourth-order valence-electron chi connectivity index (χ4n) is 2.80. The van der Waals surface area contributed by atoms with Gasteiger partial charge in [0.2, 0.25) is 5.95 Å². The highest BCUT2D eigenvalue weighted by Crippen LogP contribution is 2.36. The molecule has 124 valence electrons. The number of halogens is 3. The van der Waals surface area contributed by atoms with Crippen LogP contribution in [0.4, 0.5) is 10.7 Å². The molecule has 6 nitrogen and oxygen atoms in total. The van der Waals surface area contributed by atoms with E-state index in [1.165, 1.54) is 4.90 Å². The van der Waals surface area contributed by atoms with Crippen molar-refractivity contribution in [2.24, 2.45) is 0 Å². The molecule has 2 aromatic rings. The van der Waals surface area contributed by atoms with Crippen molar-refractivity contribution in [3.05, 3.63) is 18.6 Å². The second kappa shape index (κ2) is 6.75. The average molecular weight is 558 g/mol. The van der Waals surface area contributed by atoms with Gasteiger partial charge in [-0.15, -0.1) is 0 Å². The lowest BCUT2D eigenvalue weighted by Crippen LogP contribution is -2.49. The highest BCUT2D eigenvalue weighted by molar-refractivity contribution is 14.1. The fraction of sp³-hybridized carbons (Fsp3) is 0.429. The molecule has 0 aliphatic carbocycles. The summed E-state index contributed by atoms with van der Waals surface area (Å²) in [6, 6.07) is 2.08. The molecule has 9 heteroatoms. The van der Waals surface area contributed by atoms with Crippen LogP contribution in [0.5, 0.6) is 0 Å². The molecule has 1 aliphatic heterocycles. The number of anilines is 1. The molecule has 0 saturated carbocycles. The number of carbonyl (C=O) groups is 1. The Morgan fingerprint density at radius 1 is 1.35 bits per heavy atom. The van der Waals surface area contributed by atoms with Crippen molar-refractivity contribution in [1.29, 1.82) is 0 Å². The lowest BCUT2D eigenvalue weighted by Gasteiger charge is -2.33. The molecule has 2 heterocycles. The molecular weight excluding hydrogens is 543 g/mol. The molecule has 1 aromatic carbocycles. The topological polar surface area (TPSA) is 61.6 Å². The molecule has 1 N–H and O–H groups in total. The van der Waals surface area contributed by atoms with Gasteiger partial charge in [0.1, 0.15) is 5.52 Å². The first-order valence-electron chi connectivity index (χ1n) is 7.20. The van der Waals surface area contributed by atoms with E-state index >= 15 is 0 Å². The van der Waals surface area contributed by atoms with Crippen molar-refractivity contribution < 1.29 is 9.90 Å². The van der Waals surface area contributed by atoms with Gasteiger partial charge >= 0.3 is 6.09 Å². The van der Waals surface area contributed by atoms with Crippen LogP contribution in [0.2, 0.25) is 0 Å². The van der Waals surface area contributed by atoms with Crippen LogP contribution in [0.1, 0.15) is 6.92 Å². The predicted molar refractivity (Wildman–Crippen MR) is 105 cm³/mol. The summed E-state index contributed by atoms with van der Waals surface area (Å²) in [5.41, 5.74) is 2.06. The number of aromatic nitrogens is 2. The van der Waals surface area contributed by atoms with E-state index in [1.54, 1.807) is 0 Å². The van der Waals surface area contributed by atoms with E-state index in [9.17, 15) is 4.79 Å². The number of carboxylic acid groups (broad SMARTS) is 1. The zero-order chi connectivity index (χ0) is 16.7. The van der Waals surface area contributed by atoms with E-state index < -0.39 is 6.09 Å². The van der Waals surface area contributed by atoms with Crippen molar-refractivity contribution in [2.75, 3.05) is 31.1 Å². The molecule has 1 aliphatic rings. The minimum absolute atomic E-state index is 0.507. The Bertz CT molecular complexity index is 772. The first-order valence-corrected chi connectivity index (χ1v) is 9.87. The third-order valence-corrected chi connectivity index (χ3v) is 7.78. The fourth-order valence-corrected chi connectivity index (χ4v) is 4.58. The SMILES string of the molecule is CCn1c(N2CCN(C(=O)O)CC2)nc2c(I)c(Br)c(Br)cc21. The molecule has 0 unspecified atom stereocenters. The maximum atomic E-state index is 11.1. The van der Waals surface area contributed by atoms with Crippen LogP contribution in [0, 0.1) is 3.57 Å². The number of imidazole rings is 1. The molecule has 0 atom stereocenters. The molecular formula is C14H15Br2IN4O2. The van der Waals surface area contributed by atoms with Gasteiger partial charge in [-0.1, -0.05) is 0 Å². The number of benzene rings is 1. The Morgan fingerprint density at radius 3 is 2.57 bits per heavy atom. The molecule has 0 bridgehead atoms. The van der Waals surface area contributed by atoms with E-state index in [4.69, 9.17) is 10.1 Å². The number of hydrogen-bond acceptors (Lipinski definition) is 3. The van der Waals surface area contributed by atoms with Gasteiger partial charge in [0.05, 0.1) is 9.09 Å². The van der Waals surface area contributed by atoms with Crippen molar-refractivity contribution in [1.82, 2.24) is 14.5 Å². The summed E-state index contributed by atoms with van der Waals surface area (Å²) in [7, 11) is 0. The monoisotopic (exact) mass is 556 g/mol. The smallest absolute Gasteiger partial charge is 0.407 e. The third-order valence-electron chi connectivity index (χ3n) is 4.01. The summed E-state index contributed by atoms with van der Waals surface area (Å²) in [6.07, 6.45) is -0.851. The minimum Gasteiger partial charge on any atom is -0.465 e. The van der Waals surface area contributed by atoms with Gasteiger partial charge in [0.15, 0.2) is 0 Å². The van der Waals surface area contributed by atoms with Gasteiger partial charge in [0, 0.05) is 41.7 Å². The molecule has 1 amide bonds. The number of nitrogens with zero attached hydrogens (tertiary/aromatic N) is 4. The summed E-state index contributed by atoms with van der Waals surface area (Å²) in [4.78, 5) is 19.5. The van der Waals surface area contributed by atoms with Gasteiger partial charge in [-0.3, -0.25) is 0 Å². The van der Waals surface area contributed by atoms with Gasteiger partial charge in [0.25, 0.3) is 0 Å². The normalized spacial score (nSPS) is 15.5. The number of fused-ring (bicyclic) bond motifs is 1. The zero-order valence-electron chi connectivity index (χ0n) is 12.4. The lowest BCUT2D eigenvalue weighted by atomic mass is 10.3. The zero-order valence-corrected chi connectivity index (χ0v) is 17.7. The first-order chi connectivity index (χ1) is 10.9. The third kappa shape index (κ3) is 3.07. The number of piperazine rings is 1. The Balaban J connectivity index is 2.02. The van der Waals surface area contributed by atoms with Crippen LogP contribution in [-0.2, 0) is 6.54 Å². The van der Waals surface area contributed by atoms with Crippen LogP contribution in [0.3, 0.4) is 0 Å². The Morgan fingerprint density at radius 2 is 2.00 bits per heavy atom. The maximum absolute atomic E-state index is 11.1. The molecule has 0 radical (unpaired) electrons. The standard InChI is InChI=1S/C14H15Br2IN4O2/c1-2-21-9-7-8(15)10(16)11(17)12(9)18-13(21)19-3-5-20(6-4-19)14(22)23/h7H,2-6H2,1H3,(H,22,23). The predicted octanol–water partition coefficient (Wildman–Crippen LogP) is 3.99. The van der Waals surface area contributed by atoms with Gasteiger partial charge < -0.3 is 19.5 Å². The van der Waals surface area contributed by atoms with Gasteiger partial charge in [-0.2, -0.15) is 0 Å². The number of rotatable bonds is 2. The Kier molecular flexibility index (Phi) is 5.07. The molecule has 3 rings (SSSR count). The lowest BCUT2D eigenvalue weighted by molar-refractivity contribution is 0.142. The minimum atomic E-state index is -0.851. The quantitative estimate of drug-likeness (QED) is 0.448. The van der Waals surface area contributed by atoms with Crippen LogP contribution in [-0.4, -0.2) is 51.8 Å². The maximum Gasteiger partial charge on any atom is 0.407 e. The Hall–Kier alpha value is -0.550. The molecule has 1 aromatic heterocycles. The summed E-state index contributed by atoms with van der Waals surface area (Å²) in [6.45, 7) is 5.25. The summed E-state index contributed by atoms with van der Waals surface area (Å²) >= 11 is 9.47. The van der Waals surface area contributed by atoms with Crippen LogP contribution in [0.15, 0.2) is 15.0 Å². The number of amides is 1. The van der Waals surface area contributed by atoms with E-state index in [-0.39, 0.29) is 0 Å². The number of hydrogen-bond donors (Lipinski definition) is 1. The average Bonchev–Trinajstić information content (AvgIpc) is 2.91. The summed E-state index contributed by atoms with van der Waals surface area (Å²) in [5, 5.41) is 9.08. The second-order valence-corrected chi connectivity index (χ2v) is 7.99. The first kappa shape index (κ1) is 17.3. The van der Waals surface area contributed by atoms with Crippen LogP contribution < -0.4 is 4.90 Å². The highest BCUT2D eigenvalue weighted by atomic mass is 127. The molecule has 0 spiro atoms. The van der Waals surface area contributed by atoms with Crippen LogP contribution in [0.25, 0.3) is 11.0 Å². The van der Waals surface area contributed by atoms with Crippen molar-refractivity contribution in [3.63, 3.8) is 0 Å². The summed E-state index contributed by atoms with van der Waals surface area (Å²) < 4.78 is 5.27. The van der Waals surface area contributed by atoms with Gasteiger partial charge in [-0.25, -0.2) is 9.78 Å². The highest BCUT2D eigenvalue weighted by Gasteiger charge is 2.25. The van der Waals surface area contributed by atoms with E-state index in [0.29, 0.717) is 26.2 Å². The largest absolute Gasteiger partial charge is 0.465 e. The Labute approximate surface area is 164 Å². The van der Waals surface area contributed by atoms with E-state index in [0.717, 1.165) is 36.0 Å². The molecule has 23 heavy (non-hydrogen) atoms. The second-order valence-electron chi connectivity index (χ2n) is 5.27. The van der Waals surface area contributed by atoms with E-state index in [1.807, 2.05) is 0 Å². The van der Waals surface area contributed by atoms with E-state index in [2.05, 4.69) is 76.9 Å². The van der Waals surface area contributed by atoms with Crippen molar-refractivity contribution in [2.45, 2.75) is 13.5 Å². The molecule has 1 fully saturated rings. The van der Waals surface area contributed by atoms with Crippen molar-refractivity contribution >= 4 is 77.5 Å². The summed E-state index contributed by atoms with van der Waals surface area (Å²) in [5.74, 6) is 0.912. The molecule has 1 saturated heterocycles. The number of aryl methyl sites for hydroxylation is 1. The van der Waals surface area contributed by atoms with Crippen LogP contribution >= 0.6 is 54.5 Å².